The Morgan fingerprint density at radius 2 is 1.82 bits per heavy atom. The van der Waals surface area contributed by atoms with E-state index in [2.05, 4.69) is 5.32 Å². The molecule has 0 aliphatic heterocycles. The Bertz CT molecular complexity index is 424. The van der Waals surface area contributed by atoms with E-state index in [4.69, 9.17) is 0 Å². The van der Waals surface area contributed by atoms with Gasteiger partial charge in [-0.2, -0.15) is 13.2 Å². The number of hydrogen-bond acceptors (Lipinski definition) is 1. The molecule has 0 unspecified atom stereocenters. The summed E-state index contributed by atoms with van der Waals surface area (Å²) >= 11 is 0. The molecular weight excluding hydrogens is 231 g/mol. The smallest absolute Gasteiger partial charge is 0.355 e. The van der Waals surface area contributed by atoms with E-state index in [1.165, 1.54) is 13.1 Å². The highest BCUT2D eigenvalue weighted by Gasteiger charge is 2.31. The maximum Gasteiger partial charge on any atom is 0.416 e. The van der Waals surface area contributed by atoms with E-state index < -0.39 is 17.6 Å². The Kier molecular flexibility index (Phi) is 3.80. The molecule has 1 aromatic rings. The predicted octanol–water partition coefficient (Wildman–Crippen LogP) is 3.19. The lowest BCUT2D eigenvalue weighted by Crippen LogP contribution is -2.19. The molecule has 5 heteroatoms. The van der Waals surface area contributed by atoms with Gasteiger partial charge in [-0.3, -0.25) is 4.79 Å². The first-order valence-corrected chi connectivity index (χ1v) is 5.20. The fourth-order valence-electron chi connectivity index (χ4n) is 1.42. The summed E-state index contributed by atoms with van der Waals surface area (Å²) in [6, 6.07) is 3.43. The Hall–Kier alpha value is -1.52. The summed E-state index contributed by atoms with van der Waals surface area (Å²) in [7, 11) is 1.39. The first-order chi connectivity index (χ1) is 7.75. The second-order valence-electron chi connectivity index (χ2n) is 4.08. The third-order valence-electron chi connectivity index (χ3n) is 2.44. The molecule has 2 nitrogen and oxygen atoms in total. The number of amides is 1. The molecule has 0 fully saturated rings. The van der Waals surface area contributed by atoms with Gasteiger partial charge in [0.15, 0.2) is 0 Å². The van der Waals surface area contributed by atoms with Gasteiger partial charge in [-0.05, 0) is 29.7 Å². The van der Waals surface area contributed by atoms with E-state index in [-0.39, 0.29) is 11.5 Å². The van der Waals surface area contributed by atoms with Gasteiger partial charge in [-0.1, -0.05) is 13.8 Å². The van der Waals surface area contributed by atoms with E-state index in [1.807, 2.05) is 0 Å². The minimum Gasteiger partial charge on any atom is -0.355 e. The van der Waals surface area contributed by atoms with Crippen molar-refractivity contribution in [2.45, 2.75) is 25.9 Å². The number of benzene rings is 1. The molecule has 0 aliphatic carbocycles. The molecule has 1 amide bonds. The van der Waals surface area contributed by atoms with Crippen molar-refractivity contribution < 1.29 is 18.0 Å². The molecule has 1 aromatic carbocycles. The second-order valence-corrected chi connectivity index (χ2v) is 4.08. The summed E-state index contributed by atoms with van der Waals surface area (Å²) < 4.78 is 37.9. The highest BCUT2D eigenvalue weighted by Crippen LogP contribution is 2.32. The molecule has 0 spiro atoms. The van der Waals surface area contributed by atoms with Crippen molar-refractivity contribution in [3.05, 3.63) is 34.9 Å². The minimum absolute atomic E-state index is 0.0334. The van der Waals surface area contributed by atoms with Crippen molar-refractivity contribution >= 4 is 5.91 Å². The SMILES string of the molecule is CNC(=O)c1cc(C(C)C)cc(C(F)(F)F)c1. The second kappa shape index (κ2) is 4.77. The van der Waals surface area contributed by atoms with Crippen LogP contribution in [0.25, 0.3) is 0 Å². The van der Waals surface area contributed by atoms with Crippen LogP contribution < -0.4 is 5.32 Å². The third-order valence-corrected chi connectivity index (χ3v) is 2.44. The molecule has 94 valence electrons. The van der Waals surface area contributed by atoms with Crippen molar-refractivity contribution in [1.82, 2.24) is 5.32 Å². The lowest BCUT2D eigenvalue weighted by Gasteiger charge is -2.13. The molecule has 1 rings (SSSR count). The molecule has 17 heavy (non-hydrogen) atoms. The van der Waals surface area contributed by atoms with Gasteiger partial charge >= 0.3 is 6.18 Å². The monoisotopic (exact) mass is 245 g/mol. The van der Waals surface area contributed by atoms with Crippen LogP contribution in [0.15, 0.2) is 18.2 Å². The summed E-state index contributed by atoms with van der Waals surface area (Å²) in [6.45, 7) is 3.56. The lowest BCUT2D eigenvalue weighted by molar-refractivity contribution is -0.137. The van der Waals surface area contributed by atoms with Crippen LogP contribution in [0.4, 0.5) is 13.2 Å². The van der Waals surface area contributed by atoms with Crippen LogP contribution in [-0.2, 0) is 6.18 Å². The summed E-state index contributed by atoms with van der Waals surface area (Å²) in [5, 5.41) is 2.32. The summed E-state index contributed by atoms with van der Waals surface area (Å²) in [5.74, 6) is -0.585. The standard InChI is InChI=1S/C12H14F3NO/c1-7(2)8-4-9(11(17)16-3)6-10(5-8)12(13,14)15/h4-7H,1-3H3,(H,16,17). The first kappa shape index (κ1) is 13.5. The van der Waals surface area contributed by atoms with Gasteiger partial charge in [0.2, 0.25) is 0 Å². The number of alkyl halides is 3. The molecule has 0 aliphatic rings. The van der Waals surface area contributed by atoms with Crippen LogP contribution in [0.2, 0.25) is 0 Å². The van der Waals surface area contributed by atoms with Crippen LogP contribution >= 0.6 is 0 Å². The lowest BCUT2D eigenvalue weighted by atomic mass is 9.97. The van der Waals surface area contributed by atoms with Gasteiger partial charge in [0.1, 0.15) is 0 Å². The predicted molar refractivity (Wildman–Crippen MR) is 58.9 cm³/mol. The Labute approximate surface area is 97.8 Å². The van der Waals surface area contributed by atoms with Crippen molar-refractivity contribution in [2.24, 2.45) is 0 Å². The maximum absolute atomic E-state index is 12.6. The Morgan fingerprint density at radius 1 is 1.24 bits per heavy atom. The van der Waals surface area contributed by atoms with Gasteiger partial charge in [0, 0.05) is 12.6 Å². The van der Waals surface area contributed by atoms with Crippen LogP contribution in [0.1, 0.15) is 41.3 Å². The summed E-state index contributed by atoms with van der Waals surface area (Å²) in [4.78, 5) is 11.4. The Morgan fingerprint density at radius 3 is 2.24 bits per heavy atom. The van der Waals surface area contributed by atoms with E-state index in [9.17, 15) is 18.0 Å². The van der Waals surface area contributed by atoms with Gasteiger partial charge < -0.3 is 5.32 Å². The van der Waals surface area contributed by atoms with Crippen molar-refractivity contribution in [3.8, 4) is 0 Å². The van der Waals surface area contributed by atoms with Crippen molar-refractivity contribution in [1.29, 1.82) is 0 Å². The van der Waals surface area contributed by atoms with Crippen LogP contribution in [0.5, 0.6) is 0 Å². The van der Waals surface area contributed by atoms with Gasteiger partial charge in [-0.15, -0.1) is 0 Å². The van der Waals surface area contributed by atoms with E-state index in [0.717, 1.165) is 12.1 Å². The number of carbonyl (C=O) groups excluding carboxylic acids is 1. The number of halogens is 3. The van der Waals surface area contributed by atoms with Gasteiger partial charge in [-0.25, -0.2) is 0 Å². The maximum atomic E-state index is 12.6. The van der Waals surface area contributed by atoms with E-state index in [0.29, 0.717) is 5.56 Å². The first-order valence-electron chi connectivity index (χ1n) is 5.20. The molecule has 0 atom stereocenters. The summed E-state index contributed by atoms with van der Waals surface area (Å²) in [6.07, 6.45) is -4.44. The van der Waals surface area contributed by atoms with Crippen molar-refractivity contribution in [3.63, 3.8) is 0 Å². The van der Waals surface area contributed by atoms with Crippen molar-refractivity contribution in [2.75, 3.05) is 7.05 Å². The van der Waals surface area contributed by atoms with Gasteiger partial charge in [0.05, 0.1) is 5.56 Å². The minimum atomic E-state index is -4.44. The average molecular weight is 245 g/mol. The van der Waals surface area contributed by atoms with Gasteiger partial charge in [0.25, 0.3) is 5.91 Å². The molecule has 1 N–H and O–H groups in total. The summed E-state index contributed by atoms with van der Waals surface area (Å²) in [5.41, 5.74) is -0.258. The quantitative estimate of drug-likeness (QED) is 0.851. The van der Waals surface area contributed by atoms with Crippen LogP contribution in [-0.4, -0.2) is 13.0 Å². The van der Waals surface area contributed by atoms with Crippen LogP contribution in [0.3, 0.4) is 0 Å². The number of rotatable bonds is 2. The molecule has 0 radical (unpaired) electrons. The number of nitrogens with one attached hydrogen (secondary N) is 1. The third kappa shape index (κ3) is 3.22. The number of carbonyl (C=O) groups is 1. The normalized spacial score (nSPS) is 11.7. The Balaban J connectivity index is 3.34. The molecular formula is C12H14F3NO. The zero-order valence-electron chi connectivity index (χ0n) is 9.85. The average Bonchev–Trinajstić information content (AvgIpc) is 2.26. The number of hydrogen-bond donors (Lipinski definition) is 1. The molecule has 0 saturated heterocycles. The van der Waals surface area contributed by atoms with E-state index in [1.54, 1.807) is 13.8 Å². The highest BCUT2D eigenvalue weighted by atomic mass is 19.4. The molecule has 0 heterocycles. The topological polar surface area (TPSA) is 29.1 Å². The van der Waals surface area contributed by atoms with Crippen LogP contribution in [0, 0.1) is 0 Å². The molecule has 0 aromatic heterocycles. The largest absolute Gasteiger partial charge is 0.416 e. The van der Waals surface area contributed by atoms with E-state index >= 15 is 0 Å². The molecule has 0 saturated carbocycles. The zero-order valence-corrected chi connectivity index (χ0v) is 9.85. The molecule has 0 bridgehead atoms. The highest BCUT2D eigenvalue weighted by molar-refractivity contribution is 5.94. The fourth-order valence-corrected chi connectivity index (χ4v) is 1.42. The fraction of sp³-hybridized carbons (Fsp3) is 0.417. The zero-order chi connectivity index (χ0) is 13.2.